The average molecular weight is 286 g/mol. The molecule has 0 aliphatic heterocycles. The van der Waals surface area contributed by atoms with Gasteiger partial charge in [-0.1, -0.05) is 0 Å². The molecule has 64 valence electrons. The zero-order valence-corrected chi connectivity index (χ0v) is 18.0. The number of hydrogen-bond acceptors (Lipinski definition) is 6. The Morgan fingerprint density at radius 1 is 0.929 bits per heavy atom. The van der Waals surface area contributed by atoms with Crippen molar-refractivity contribution < 1.29 is 156 Å². The van der Waals surface area contributed by atoms with Crippen molar-refractivity contribution in [3.63, 3.8) is 0 Å². The normalized spacial score (nSPS) is 12.3. The monoisotopic (exact) mass is 286 g/mol. The maximum atomic E-state index is 9.44. The van der Waals surface area contributed by atoms with Crippen LogP contribution in [0.1, 0.15) is 0 Å². The van der Waals surface area contributed by atoms with Crippen LogP contribution < -0.4 is 138 Å². The predicted octanol–water partition coefficient (Wildman–Crippen LogP) is -17.7. The van der Waals surface area contributed by atoms with E-state index < -0.39 is 15.6 Å². The summed E-state index contributed by atoms with van der Waals surface area (Å²) < 4.78 is 21.4. The second-order valence-electron chi connectivity index (χ2n) is 0.997. The van der Waals surface area contributed by atoms with Gasteiger partial charge >= 0.3 is 118 Å². The minimum absolute atomic E-state index is 0. The van der Waals surface area contributed by atoms with E-state index in [0.717, 1.165) is 0 Å². The van der Waals surface area contributed by atoms with Gasteiger partial charge in [-0.15, -0.1) is 0 Å². The third-order valence-electron chi connectivity index (χ3n) is 0.203. The summed E-state index contributed by atoms with van der Waals surface area (Å²) in [6.45, 7) is 0. The minimum Gasteiger partial charge on any atom is -1.00 e. The molecular weight excluding hydrogens is 285 g/mol. The van der Waals surface area contributed by atoms with Crippen LogP contribution in [0.2, 0.25) is 0 Å². The molecule has 7 nitrogen and oxygen atoms in total. The summed E-state index contributed by atoms with van der Waals surface area (Å²) in [4.78, 5) is 35.7. The van der Waals surface area contributed by atoms with Gasteiger partial charge in [-0.3, -0.25) is 8.88 Å². The molecule has 0 rings (SSSR count). The minimum atomic E-state index is -5.61. The summed E-state index contributed by atoms with van der Waals surface area (Å²) in [7, 11) is -11.0. The molecule has 0 aliphatic carbocycles. The fraction of sp³-hybridized carbons (Fsp3) is 0. The van der Waals surface area contributed by atoms with E-state index >= 15 is 0 Å². The van der Waals surface area contributed by atoms with E-state index in [1.165, 1.54) is 0 Å². The maximum absolute atomic E-state index is 9.44. The molecule has 0 fully saturated rings. The van der Waals surface area contributed by atoms with Crippen molar-refractivity contribution >= 4 is 15.6 Å². The quantitative estimate of drug-likeness (QED) is 0.393. The van der Waals surface area contributed by atoms with Crippen LogP contribution in [-0.2, 0) is 13.4 Å². The average Bonchev–Trinajstić information content (AvgIpc) is 1.14. The van der Waals surface area contributed by atoms with Crippen molar-refractivity contribution in [2.75, 3.05) is 0 Å². The van der Waals surface area contributed by atoms with Crippen molar-refractivity contribution in [2.45, 2.75) is 0 Å². The molecule has 0 aromatic carbocycles. The molecule has 0 radical (unpaired) electrons. The van der Waals surface area contributed by atoms with E-state index in [-0.39, 0.29) is 123 Å². The van der Waals surface area contributed by atoms with E-state index in [1.54, 1.807) is 0 Å². The van der Waals surface area contributed by atoms with Crippen LogP contribution in [0.15, 0.2) is 0 Å². The molecule has 0 aliphatic rings. The van der Waals surface area contributed by atoms with Crippen LogP contribution in [0.3, 0.4) is 0 Å². The summed E-state index contributed by atoms with van der Waals surface area (Å²) >= 11 is 0. The van der Waals surface area contributed by atoms with E-state index in [9.17, 15) is 23.8 Å². The van der Waals surface area contributed by atoms with Gasteiger partial charge in [-0.05, 0) is 0 Å². The molecule has 0 aromatic heterocycles. The summed E-state index contributed by atoms with van der Waals surface area (Å²) in [5.41, 5.74) is 0. The Balaban J connectivity index is -0.0000000320. The Morgan fingerprint density at radius 2 is 1.14 bits per heavy atom. The molecule has 1 N–H and O–H groups in total. The number of hydrogen-bond donors (Lipinski definition) is 1. The number of phosphoric acid groups is 2. The Labute approximate surface area is 168 Å². The van der Waals surface area contributed by atoms with Gasteiger partial charge < -0.3 is 28.8 Å². The van der Waals surface area contributed by atoms with Crippen LogP contribution in [0.4, 0.5) is 0 Å². The number of rotatable bonds is 2. The fourth-order valence-corrected chi connectivity index (χ4v) is 1.14. The summed E-state index contributed by atoms with van der Waals surface area (Å²) in [5.74, 6) is 0. The van der Waals surface area contributed by atoms with Crippen LogP contribution in [0, 0.1) is 0 Å². The summed E-state index contributed by atoms with van der Waals surface area (Å²) in [5, 5.41) is 0. The molecule has 1 atom stereocenters. The molecule has 14 heavy (non-hydrogen) atoms. The van der Waals surface area contributed by atoms with Crippen molar-refractivity contribution in [1.29, 1.82) is 0 Å². The molecule has 0 heterocycles. The van der Waals surface area contributed by atoms with Gasteiger partial charge in [0.25, 0.3) is 7.82 Å². The molecule has 0 spiro atoms. The second kappa shape index (κ2) is 15.2. The Morgan fingerprint density at radius 3 is 1.14 bits per heavy atom. The van der Waals surface area contributed by atoms with E-state index in [4.69, 9.17) is 4.89 Å². The molecule has 0 aromatic rings. The van der Waals surface area contributed by atoms with Gasteiger partial charge in [0.1, 0.15) is 0 Å². The SMILES string of the molecule is O=P([O-])([O-])OP(=O)([O-])O.[F-].[Na+].[Na+].[Na+].[Na+]. The molecule has 0 saturated carbocycles. The fourth-order valence-electron chi connectivity index (χ4n) is 0.126. The van der Waals surface area contributed by atoms with Gasteiger partial charge in [-0.25, -0.2) is 0 Å². The molecule has 0 saturated heterocycles. The third kappa shape index (κ3) is 36.0. The first kappa shape index (κ1) is 36.2. The first-order valence-corrected chi connectivity index (χ1v) is 4.43. The predicted molar refractivity (Wildman–Crippen MR) is 18.5 cm³/mol. The van der Waals surface area contributed by atoms with Gasteiger partial charge in [0.2, 0.25) is 0 Å². The largest absolute Gasteiger partial charge is 1.00 e. The summed E-state index contributed by atoms with van der Waals surface area (Å²) in [6, 6.07) is 0. The number of halogens is 1. The molecule has 14 heteroatoms. The van der Waals surface area contributed by atoms with Crippen molar-refractivity contribution in [3.8, 4) is 0 Å². The topological polar surface area (TPSA) is 133 Å². The van der Waals surface area contributed by atoms with Crippen LogP contribution >= 0.6 is 15.6 Å². The second-order valence-corrected chi connectivity index (χ2v) is 3.48. The molecular formula is HFNa4O7P2. The Hall–Kier alpha value is 4.19. The van der Waals surface area contributed by atoms with Gasteiger partial charge in [0.15, 0.2) is 0 Å². The van der Waals surface area contributed by atoms with Crippen molar-refractivity contribution in [2.24, 2.45) is 0 Å². The van der Waals surface area contributed by atoms with Gasteiger partial charge in [-0.2, -0.15) is 0 Å². The Bertz CT molecular complexity index is 164. The van der Waals surface area contributed by atoms with Crippen molar-refractivity contribution in [1.82, 2.24) is 0 Å². The van der Waals surface area contributed by atoms with E-state index in [2.05, 4.69) is 4.31 Å². The van der Waals surface area contributed by atoms with Crippen molar-refractivity contribution in [3.05, 3.63) is 0 Å². The molecule has 0 bridgehead atoms. The zero-order valence-electron chi connectivity index (χ0n) is 8.17. The van der Waals surface area contributed by atoms with Gasteiger partial charge in [0.05, 0.1) is 7.82 Å². The van der Waals surface area contributed by atoms with E-state index in [0.29, 0.717) is 0 Å². The maximum Gasteiger partial charge on any atom is 1.00 e. The van der Waals surface area contributed by atoms with Crippen LogP contribution in [0.5, 0.6) is 0 Å². The van der Waals surface area contributed by atoms with Crippen LogP contribution in [-0.4, -0.2) is 4.89 Å². The third-order valence-corrected chi connectivity index (χ3v) is 1.83. The zero-order chi connectivity index (χ0) is 7.71. The van der Waals surface area contributed by atoms with E-state index in [1.807, 2.05) is 0 Å². The summed E-state index contributed by atoms with van der Waals surface area (Å²) in [6.07, 6.45) is 0. The van der Waals surface area contributed by atoms with Gasteiger partial charge in [0, 0.05) is 0 Å². The Kier molecular flexibility index (Phi) is 39.4. The smallest absolute Gasteiger partial charge is 1.00 e. The molecule has 0 amide bonds. The molecule has 1 unspecified atom stereocenters. The standard InChI is InChI=1S/FH.4Na.H4O7P2/c;;;;;1-8(2,3)7-9(4,5)6/h1H;;;;;(H2,1,2,3)(H2,4,5,6)/q;4*+1;/p-4. The van der Waals surface area contributed by atoms with Crippen LogP contribution in [0.25, 0.3) is 0 Å². The first-order valence-electron chi connectivity index (χ1n) is 1.48. The first-order chi connectivity index (χ1) is 3.71.